The van der Waals surface area contributed by atoms with Crippen LogP contribution in [0.5, 0.6) is 0 Å². The minimum absolute atomic E-state index is 0.00519. The first-order valence-electron chi connectivity index (χ1n) is 5.14. The van der Waals surface area contributed by atoms with Crippen LogP contribution in [0.4, 0.5) is 0 Å². The third-order valence-electron chi connectivity index (χ3n) is 2.44. The van der Waals surface area contributed by atoms with E-state index in [2.05, 4.69) is 11.8 Å². The van der Waals surface area contributed by atoms with E-state index in [0.29, 0.717) is 0 Å². The van der Waals surface area contributed by atoms with E-state index in [1.807, 2.05) is 0 Å². The average molecular weight is 234 g/mol. The van der Waals surface area contributed by atoms with Gasteiger partial charge in [-0.25, -0.2) is 0 Å². The van der Waals surface area contributed by atoms with Crippen molar-refractivity contribution in [1.82, 2.24) is 9.80 Å². The zero-order valence-electron chi connectivity index (χ0n) is 10.8. The standard InChI is InChI=1S/C13H18N2O2/c1-7-9-13(10-8-2,11(16)14(3)4)12(17)15(5)6/h1-2H,9-10H2,3-6H3. The summed E-state index contributed by atoms with van der Waals surface area (Å²) in [6.45, 7) is 0. The minimum atomic E-state index is -1.34. The van der Waals surface area contributed by atoms with E-state index in [1.165, 1.54) is 9.80 Å². The van der Waals surface area contributed by atoms with Gasteiger partial charge < -0.3 is 9.80 Å². The number of amides is 2. The molecule has 0 aromatic rings. The predicted molar refractivity (Wildman–Crippen MR) is 66.7 cm³/mol. The molecule has 0 saturated heterocycles. The highest BCUT2D eigenvalue weighted by Gasteiger charge is 2.46. The van der Waals surface area contributed by atoms with E-state index in [1.54, 1.807) is 28.2 Å². The van der Waals surface area contributed by atoms with Crippen LogP contribution in [0.2, 0.25) is 0 Å². The Balaban J connectivity index is 5.61. The van der Waals surface area contributed by atoms with E-state index in [-0.39, 0.29) is 24.7 Å². The topological polar surface area (TPSA) is 40.6 Å². The Morgan fingerprint density at radius 3 is 1.41 bits per heavy atom. The van der Waals surface area contributed by atoms with Crippen LogP contribution in [0.15, 0.2) is 0 Å². The molecule has 0 N–H and O–H groups in total. The normalized spacial score (nSPS) is 10.0. The first kappa shape index (κ1) is 15.1. The second kappa shape index (κ2) is 5.96. The number of carbonyl (C=O) groups excluding carboxylic acids is 2. The molecule has 0 atom stereocenters. The summed E-state index contributed by atoms with van der Waals surface area (Å²) in [6, 6.07) is 0. The second-order valence-corrected chi connectivity index (χ2v) is 4.24. The lowest BCUT2D eigenvalue weighted by atomic mass is 9.78. The van der Waals surface area contributed by atoms with Gasteiger partial charge in [0.2, 0.25) is 11.8 Å². The SMILES string of the molecule is C#CCC(CC#C)(C(=O)N(C)C)C(=O)N(C)C. The van der Waals surface area contributed by atoms with Crippen molar-refractivity contribution in [3.63, 3.8) is 0 Å². The predicted octanol–water partition coefficient (Wildman–Crippen LogP) is 0.196. The van der Waals surface area contributed by atoms with Crippen molar-refractivity contribution in [3.05, 3.63) is 0 Å². The van der Waals surface area contributed by atoms with Gasteiger partial charge in [0.1, 0.15) is 5.41 Å². The monoisotopic (exact) mass is 234 g/mol. The summed E-state index contributed by atoms with van der Waals surface area (Å²) in [4.78, 5) is 27.0. The summed E-state index contributed by atoms with van der Waals surface area (Å²) in [6.07, 6.45) is 10.5. The smallest absolute Gasteiger partial charge is 0.239 e. The van der Waals surface area contributed by atoms with E-state index in [0.717, 1.165) is 0 Å². The highest BCUT2D eigenvalue weighted by molar-refractivity contribution is 6.05. The highest BCUT2D eigenvalue weighted by Crippen LogP contribution is 2.30. The van der Waals surface area contributed by atoms with Crippen LogP contribution in [-0.2, 0) is 9.59 Å². The van der Waals surface area contributed by atoms with Crippen molar-refractivity contribution >= 4 is 11.8 Å². The average Bonchev–Trinajstić information content (AvgIpc) is 2.26. The van der Waals surface area contributed by atoms with E-state index in [4.69, 9.17) is 12.8 Å². The summed E-state index contributed by atoms with van der Waals surface area (Å²) in [5.74, 6) is 4.04. The van der Waals surface area contributed by atoms with Crippen LogP contribution in [0.25, 0.3) is 0 Å². The van der Waals surface area contributed by atoms with Crippen molar-refractivity contribution in [2.45, 2.75) is 12.8 Å². The molecular weight excluding hydrogens is 216 g/mol. The van der Waals surface area contributed by atoms with Gasteiger partial charge in [0.15, 0.2) is 0 Å². The van der Waals surface area contributed by atoms with Gasteiger partial charge in [-0.05, 0) is 0 Å². The molecule has 0 aromatic carbocycles. The molecule has 0 heterocycles. The molecule has 0 aliphatic heterocycles. The third-order valence-corrected chi connectivity index (χ3v) is 2.44. The molecule has 0 spiro atoms. The summed E-state index contributed by atoms with van der Waals surface area (Å²) in [5, 5.41) is 0. The number of hydrogen-bond donors (Lipinski definition) is 0. The number of hydrogen-bond acceptors (Lipinski definition) is 2. The first-order valence-corrected chi connectivity index (χ1v) is 5.14. The molecule has 0 aromatic heterocycles. The number of nitrogens with zero attached hydrogens (tertiary/aromatic N) is 2. The fourth-order valence-corrected chi connectivity index (χ4v) is 1.66. The Morgan fingerprint density at radius 1 is 0.941 bits per heavy atom. The lowest BCUT2D eigenvalue weighted by Gasteiger charge is -2.32. The zero-order valence-corrected chi connectivity index (χ0v) is 10.8. The summed E-state index contributed by atoms with van der Waals surface area (Å²) >= 11 is 0. The molecule has 0 fully saturated rings. The fraction of sp³-hybridized carbons (Fsp3) is 0.538. The van der Waals surface area contributed by atoms with E-state index in [9.17, 15) is 9.59 Å². The van der Waals surface area contributed by atoms with Crippen LogP contribution >= 0.6 is 0 Å². The summed E-state index contributed by atoms with van der Waals surface area (Å²) < 4.78 is 0. The van der Waals surface area contributed by atoms with Gasteiger partial charge in [0.25, 0.3) is 0 Å². The molecular formula is C13H18N2O2. The van der Waals surface area contributed by atoms with Crippen molar-refractivity contribution in [2.24, 2.45) is 5.41 Å². The van der Waals surface area contributed by atoms with Gasteiger partial charge in [-0.3, -0.25) is 9.59 Å². The third kappa shape index (κ3) is 3.01. The van der Waals surface area contributed by atoms with Crippen LogP contribution in [-0.4, -0.2) is 49.8 Å². The minimum Gasteiger partial charge on any atom is -0.348 e. The molecule has 0 saturated carbocycles. The Bertz CT molecular complexity index is 345. The summed E-state index contributed by atoms with van der Waals surface area (Å²) in [7, 11) is 6.31. The van der Waals surface area contributed by atoms with Crippen LogP contribution in [0.3, 0.4) is 0 Å². The van der Waals surface area contributed by atoms with Crippen molar-refractivity contribution in [1.29, 1.82) is 0 Å². The zero-order chi connectivity index (χ0) is 13.6. The lowest BCUT2D eigenvalue weighted by molar-refractivity contribution is -0.153. The van der Waals surface area contributed by atoms with Crippen molar-refractivity contribution < 1.29 is 9.59 Å². The second-order valence-electron chi connectivity index (χ2n) is 4.24. The highest BCUT2D eigenvalue weighted by atomic mass is 16.2. The maximum Gasteiger partial charge on any atom is 0.239 e. The Kier molecular flexibility index (Phi) is 5.28. The van der Waals surface area contributed by atoms with E-state index >= 15 is 0 Å². The molecule has 0 aliphatic carbocycles. The molecule has 2 amide bonds. The van der Waals surface area contributed by atoms with Gasteiger partial charge in [-0.2, -0.15) is 0 Å². The van der Waals surface area contributed by atoms with Crippen LogP contribution in [0.1, 0.15) is 12.8 Å². The van der Waals surface area contributed by atoms with Crippen molar-refractivity contribution in [2.75, 3.05) is 28.2 Å². The molecule has 0 bridgehead atoms. The number of carbonyl (C=O) groups is 2. The summed E-state index contributed by atoms with van der Waals surface area (Å²) in [5.41, 5.74) is -1.34. The quantitative estimate of drug-likeness (QED) is 0.515. The fourth-order valence-electron chi connectivity index (χ4n) is 1.66. The maximum absolute atomic E-state index is 12.2. The van der Waals surface area contributed by atoms with Gasteiger partial charge in [-0.15, -0.1) is 24.7 Å². The largest absolute Gasteiger partial charge is 0.348 e. The molecule has 17 heavy (non-hydrogen) atoms. The molecule has 92 valence electrons. The molecule has 0 radical (unpaired) electrons. The molecule has 4 nitrogen and oxygen atoms in total. The molecule has 0 unspecified atom stereocenters. The number of rotatable bonds is 4. The molecule has 4 heteroatoms. The first-order chi connectivity index (χ1) is 7.83. The van der Waals surface area contributed by atoms with Crippen LogP contribution in [0, 0.1) is 30.1 Å². The van der Waals surface area contributed by atoms with Gasteiger partial charge in [0, 0.05) is 41.0 Å². The van der Waals surface area contributed by atoms with Gasteiger partial charge >= 0.3 is 0 Å². The maximum atomic E-state index is 12.2. The van der Waals surface area contributed by atoms with Gasteiger partial charge in [-0.1, -0.05) is 0 Å². The molecule has 0 rings (SSSR count). The van der Waals surface area contributed by atoms with Crippen molar-refractivity contribution in [3.8, 4) is 24.7 Å². The molecule has 0 aliphatic rings. The lowest BCUT2D eigenvalue weighted by Crippen LogP contribution is -2.50. The Labute approximate surface area is 103 Å². The van der Waals surface area contributed by atoms with Gasteiger partial charge in [0.05, 0.1) is 0 Å². The Morgan fingerprint density at radius 2 is 1.24 bits per heavy atom. The van der Waals surface area contributed by atoms with Crippen LogP contribution < -0.4 is 0 Å². The van der Waals surface area contributed by atoms with E-state index < -0.39 is 5.41 Å². The number of terminal acetylenes is 2. The Hall–Kier alpha value is -1.94.